The Morgan fingerprint density at radius 2 is 1.94 bits per heavy atom. The van der Waals surface area contributed by atoms with Gasteiger partial charge in [-0.2, -0.15) is 13.2 Å². The number of aromatic nitrogens is 3. The fraction of sp³-hybridized carbons (Fsp3) is 0.318. The second kappa shape index (κ2) is 10.5. The molecular weight excluding hydrogens is 551 g/mol. The van der Waals surface area contributed by atoms with Crippen molar-refractivity contribution >= 4 is 45.0 Å². The van der Waals surface area contributed by atoms with Gasteiger partial charge in [-0.25, -0.2) is 0 Å². The number of nitrogens with one attached hydrogen (secondary N) is 1. The number of hydrogen-bond donors (Lipinski definition) is 2. The molecule has 0 atom stereocenters. The predicted octanol–water partition coefficient (Wildman–Crippen LogP) is 4.54. The van der Waals surface area contributed by atoms with Crippen LogP contribution in [0.1, 0.15) is 5.56 Å². The van der Waals surface area contributed by atoms with E-state index in [-0.39, 0.29) is 17.2 Å². The van der Waals surface area contributed by atoms with Crippen molar-refractivity contribution in [3.05, 3.63) is 46.4 Å². The first kappa shape index (κ1) is 25.3. The zero-order valence-corrected chi connectivity index (χ0v) is 20.9. The highest BCUT2D eigenvalue weighted by Crippen LogP contribution is 2.36. The lowest BCUT2D eigenvalue weighted by atomic mass is 10.1. The van der Waals surface area contributed by atoms with Crippen molar-refractivity contribution in [3.8, 4) is 17.1 Å². The molecule has 1 fully saturated rings. The molecule has 8 nitrogen and oxygen atoms in total. The summed E-state index contributed by atoms with van der Waals surface area (Å²) in [5.41, 5.74) is 0.213. The minimum absolute atomic E-state index is 0.0261. The third kappa shape index (κ3) is 5.90. The maximum Gasteiger partial charge on any atom is 0.416 e. The Bertz CT molecular complexity index is 1230. The SMILES string of the molecule is Cn1c(SCC(=O)Nc2cc(C(F)(F)F)ccc2N2CCOCC2)nnc1-c1cc(Br)ccc1O. The number of halogens is 4. The molecule has 1 aromatic heterocycles. The van der Waals surface area contributed by atoms with E-state index >= 15 is 0 Å². The van der Waals surface area contributed by atoms with E-state index in [1.165, 1.54) is 12.1 Å². The third-order valence-corrected chi connectivity index (χ3v) is 6.83. The zero-order chi connectivity index (χ0) is 25.2. The van der Waals surface area contributed by atoms with E-state index in [0.29, 0.717) is 48.5 Å². The van der Waals surface area contributed by atoms with E-state index in [1.54, 1.807) is 23.7 Å². The Balaban J connectivity index is 1.50. The molecule has 2 aromatic carbocycles. The van der Waals surface area contributed by atoms with Gasteiger partial charge in [-0.1, -0.05) is 27.7 Å². The number of carbonyl (C=O) groups excluding carboxylic acids is 1. The van der Waals surface area contributed by atoms with Crippen LogP contribution in [0.15, 0.2) is 46.0 Å². The molecule has 0 aliphatic carbocycles. The summed E-state index contributed by atoms with van der Waals surface area (Å²) in [4.78, 5) is 14.6. The molecule has 0 bridgehead atoms. The second-order valence-electron chi connectivity index (χ2n) is 7.69. The number of nitrogens with zero attached hydrogens (tertiary/aromatic N) is 4. The number of carbonyl (C=O) groups is 1. The number of anilines is 2. The lowest BCUT2D eigenvalue weighted by Gasteiger charge is -2.31. The van der Waals surface area contributed by atoms with Crippen molar-refractivity contribution in [1.82, 2.24) is 14.8 Å². The number of alkyl halides is 3. The molecule has 0 saturated carbocycles. The van der Waals surface area contributed by atoms with E-state index in [1.807, 2.05) is 4.90 Å². The molecule has 2 N–H and O–H groups in total. The van der Waals surface area contributed by atoms with Crippen LogP contribution in [0.25, 0.3) is 11.4 Å². The molecule has 35 heavy (non-hydrogen) atoms. The molecule has 3 aromatic rings. The van der Waals surface area contributed by atoms with Crippen LogP contribution in [0.2, 0.25) is 0 Å². The summed E-state index contributed by atoms with van der Waals surface area (Å²) in [6.45, 7) is 1.92. The lowest BCUT2D eigenvalue weighted by Crippen LogP contribution is -2.37. The minimum Gasteiger partial charge on any atom is -0.507 e. The van der Waals surface area contributed by atoms with Crippen molar-refractivity contribution < 1.29 is 27.8 Å². The first-order chi connectivity index (χ1) is 16.6. The van der Waals surface area contributed by atoms with Gasteiger partial charge in [0.05, 0.1) is 41.5 Å². The van der Waals surface area contributed by atoms with Crippen LogP contribution in [0, 0.1) is 0 Å². The maximum absolute atomic E-state index is 13.3. The number of phenolic OH excluding ortho intramolecular Hbond substituents is 1. The highest BCUT2D eigenvalue weighted by Gasteiger charge is 2.32. The van der Waals surface area contributed by atoms with Crippen LogP contribution in [0.4, 0.5) is 24.5 Å². The normalized spacial score (nSPS) is 14.3. The van der Waals surface area contributed by atoms with Crippen molar-refractivity contribution in [2.45, 2.75) is 11.3 Å². The number of thioether (sulfide) groups is 1. The van der Waals surface area contributed by atoms with Gasteiger partial charge >= 0.3 is 6.18 Å². The smallest absolute Gasteiger partial charge is 0.416 e. The summed E-state index contributed by atoms with van der Waals surface area (Å²) in [7, 11) is 1.69. The monoisotopic (exact) mass is 571 g/mol. The number of amides is 1. The third-order valence-electron chi connectivity index (χ3n) is 5.32. The standard InChI is InChI=1S/C22H21BrF3N5O3S/c1-30-20(15-11-14(23)3-5-18(15)32)28-29-21(30)35-12-19(33)27-16-10-13(22(24,25)26)2-4-17(16)31-6-8-34-9-7-31/h2-5,10-11,32H,6-9,12H2,1H3,(H,27,33). The largest absolute Gasteiger partial charge is 0.507 e. The molecule has 186 valence electrons. The molecule has 0 radical (unpaired) electrons. The Morgan fingerprint density at radius 3 is 2.66 bits per heavy atom. The Kier molecular flexibility index (Phi) is 7.57. The van der Waals surface area contributed by atoms with E-state index < -0.39 is 17.6 Å². The second-order valence-corrected chi connectivity index (χ2v) is 9.55. The van der Waals surface area contributed by atoms with E-state index in [0.717, 1.165) is 28.4 Å². The fourth-order valence-corrected chi connectivity index (χ4v) is 4.64. The summed E-state index contributed by atoms with van der Waals surface area (Å²) in [5, 5.41) is 21.4. The number of hydrogen-bond acceptors (Lipinski definition) is 7. The first-order valence-electron chi connectivity index (χ1n) is 10.5. The number of benzene rings is 2. The number of phenols is 1. The molecule has 4 rings (SSSR count). The van der Waals surface area contributed by atoms with Crippen LogP contribution in [-0.4, -0.2) is 57.8 Å². The quantitative estimate of drug-likeness (QED) is 0.420. The first-order valence-corrected chi connectivity index (χ1v) is 12.3. The maximum atomic E-state index is 13.3. The van der Waals surface area contributed by atoms with Crippen molar-refractivity contribution in [2.75, 3.05) is 42.3 Å². The molecule has 13 heteroatoms. The van der Waals surface area contributed by atoms with Crippen molar-refractivity contribution in [1.29, 1.82) is 0 Å². The molecule has 1 amide bonds. The van der Waals surface area contributed by atoms with Crippen LogP contribution < -0.4 is 10.2 Å². The lowest BCUT2D eigenvalue weighted by molar-refractivity contribution is -0.137. The molecule has 2 heterocycles. The summed E-state index contributed by atoms with van der Waals surface area (Å²) >= 11 is 4.43. The summed E-state index contributed by atoms with van der Waals surface area (Å²) in [6, 6.07) is 8.23. The minimum atomic E-state index is -4.54. The molecule has 0 spiro atoms. The van der Waals surface area contributed by atoms with Gasteiger partial charge in [0, 0.05) is 24.6 Å². The van der Waals surface area contributed by atoms with Gasteiger partial charge in [0.1, 0.15) is 5.75 Å². The van der Waals surface area contributed by atoms with E-state index in [9.17, 15) is 23.1 Å². The van der Waals surface area contributed by atoms with Gasteiger partial charge in [0.2, 0.25) is 5.91 Å². The molecule has 0 unspecified atom stereocenters. The average Bonchev–Trinajstić information content (AvgIpc) is 3.19. The topological polar surface area (TPSA) is 92.5 Å². The van der Waals surface area contributed by atoms with E-state index in [2.05, 4.69) is 31.4 Å². The van der Waals surface area contributed by atoms with Crippen LogP contribution in [-0.2, 0) is 22.8 Å². The Labute approximate surface area is 211 Å². The average molecular weight is 572 g/mol. The van der Waals surface area contributed by atoms with Crippen LogP contribution in [0.5, 0.6) is 5.75 Å². The van der Waals surface area contributed by atoms with Gasteiger partial charge in [-0.15, -0.1) is 10.2 Å². The Hall–Kier alpha value is -2.77. The Morgan fingerprint density at radius 1 is 1.20 bits per heavy atom. The zero-order valence-electron chi connectivity index (χ0n) is 18.5. The highest BCUT2D eigenvalue weighted by molar-refractivity contribution is 9.10. The number of aromatic hydroxyl groups is 1. The number of rotatable bonds is 6. The summed E-state index contributed by atoms with van der Waals surface area (Å²) < 4.78 is 47.6. The van der Waals surface area contributed by atoms with Gasteiger partial charge in [0.15, 0.2) is 11.0 Å². The number of ether oxygens (including phenoxy) is 1. The molecule has 1 aliphatic rings. The van der Waals surface area contributed by atoms with Crippen molar-refractivity contribution in [3.63, 3.8) is 0 Å². The number of morpholine rings is 1. The van der Waals surface area contributed by atoms with Gasteiger partial charge in [-0.3, -0.25) is 4.79 Å². The van der Waals surface area contributed by atoms with Gasteiger partial charge in [-0.05, 0) is 36.4 Å². The fourth-order valence-electron chi connectivity index (χ4n) is 3.57. The van der Waals surface area contributed by atoms with Gasteiger partial charge < -0.3 is 24.6 Å². The van der Waals surface area contributed by atoms with Crippen LogP contribution >= 0.6 is 27.7 Å². The highest BCUT2D eigenvalue weighted by atomic mass is 79.9. The molecule has 1 saturated heterocycles. The van der Waals surface area contributed by atoms with E-state index in [4.69, 9.17) is 4.74 Å². The van der Waals surface area contributed by atoms with Crippen LogP contribution in [0.3, 0.4) is 0 Å². The van der Waals surface area contributed by atoms with Crippen molar-refractivity contribution in [2.24, 2.45) is 7.05 Å². The van der Waals surface area contributed by atoms with Gasteiger partial charge in [0.25, 0.3) is 0 Å². The molecular formula is C22H21BrF3N5O3S. The molecule has 1 aliphatic heterocycles. The predicted molar refractivity (Wildman–Crippen MR) is 130 cm³/mol. The summed E-state index contributed by atoms with van der Waals surface area (Å²) in [5.74, 6) is -0.161. The summed E-state index contributed by atoms with van der Waals surface area (Å²) in [6.07, 6.45) is -4.54.